The fourth-order valence-corrected chi connectivity index (χ4v) is 1.54. The van der Waals surface area contributed by atoms with E-state index in [1.54, 1.807) is 11.7 Å². The molecule has 0 radical (unpaired) electrons. The minimum absolute atomic E-state index is 0.0646. The van der Waals surface area contributed by atoms with Crippen LogP contribution in [0.5, 0.6) is 0 Å². The van der Waals surface area contributed by atoms with Crippen LogP contribution < -0.4 is 10.6 Å². The topological polar surface area (TPSA) is 59.0 Å². The zero-order valence-electron chi connectivity index (χ0n) is 11.1. The van der Waals surface area contributed by atoms with Gasteiger partial charge in [-0.3, -0.25) is 9.48 Å². The third kappa shape index (κ3) is 4.19. The molecule has 17 heavy (non-hydrogen) atoms. The van der Waals surface area contributed by atoms with Crippen LogP contribution in [0.1, 0.15) is 37.0 Å². The molecule has 5 heteroatoms. The lowest BCUT2D eigenvalue weighted by atomic mass is 10.3. The van der Waals surface area contributed by atoms with Gasteiger partial charge in [0.15, 0.2) is 0 Å². The van der Waals surface area contributed by atoms with Crippen molar-refractivity contribution >= 4 is 5.91 Å². The maximum atomic E-state index is 11.8. The van der Waals surface area contributed by atoms with Gasteiger partial charge in [0, 0.05) is 26.2 Å². The first-order valence-electron chi connectivity index (χ1n) is 6.09. The molecule has 0 spiro atoms. The van der Waals surface area contributed by atoms with Crippen molar-refractivity contribution in [2.45, 2.75) is 33.2 Å². The van der Waals surface area contributed by atoms with Gasteiger partial charge >= 0.3 is 0 Å². The number of hydrogen-bond acceptors (Lipinski definition) is 3. The molecule has 0 aromatic carbocycles. The van der Waals surface area contributed by atoms with Gasteiger partial charge in [-0.1, -0.05) is 20.8 Å². The van der Waals surface area contributed by atoms with E-state index in [1.165, 1.54) is 0 Å². The Morgan fingerprint density at radius 1 is 1.47 bits per heavy atom. The van der Waals surface area contributed by atoms with E-state index < -0.39 is 0 Å². The molecule has 1 aromatic heterocycles. The fraction of sp³-hybridized carbons (Fsp3) is 0.667. The SMILES string of the molecule is CCc1cc(C(=O)NCCNC(C)C)n(C)n1. The van der Waals surface area contributed by atoms with Crippen LogP contribution in [0.4, 0.5) is 0 Å². The molecule has 5 nitrogen and oxygen atoms in total. The molecule has 1 rings (SSSR count). The standard InChI is InChI=1S/C12H22N4O/c1-5-10-8-11(16(4)15-10)12(17)14-7-6-13-9(2)3/h8-9,13H,5-7H2,1-4H3,(H,14,17). The molecule has 0 saturated heterocycles. The molecule has 0 aliphatic heterocycles. The predicted molar refractivity (Wildman–Crippen MR) is 68.1 cm³/mol. The summed E-state index contributed by atoms with van der Waals surface area (Å²) in [5.41, 5.74) is 1.56. The average Bonchev–Trinajstić information content (AvgIpc) is 2.65. The second kappa shape index (κ2) is 6.39. The van der Waals surface area contributed by atoms with Crippen LogP contribution in [-0.4, -0.2) is 34.8 Å². The van der Waals surface area contributed by atoms with Crippen LogP contribution in [0.3, 0.4) is 0 Å². The maximum Gasteiger partial charge on any atom is 0.269 e. The highest BCUT2D eigenvalue weighted by Gasteiger charge is 2.11. The monoisotopic (exact) mass is 238 g/mol. The molecule has 0 unspecified atom stereocenters. The highest BCUT2D eigenvalue weighted by atomic mass is 16.2. The summed E-state index contributed by atoms with van der Waals surface area (Å²) in [5, 5.41) is 10.4. The van der Waals surface area contributed by atoms with E-state index in [0.29, 0.717) is 18.3 Å². The summed E-state index contributed by atoms with van der Waals surface area (Å²) in [5.74, 6) is -0.0646. The number of aromatic nitrogens is 2. The molecule has 0 bridgehead atoms. The van der Waals surface area contributed by atoms with E-state index in [1.807, 2.05) is 13.0 Å². The van der Waals surface area contributed by atoms with Crippen molar-refractivity contribution in [1.82, 2.24) is 20.4 Å². The maximum absolute atomic E-state index is 11.8. The van der Waals surface area contributed by atoms with Gasteiger partial charge in [0.05, 0.1) is 5.69 Å². The number of nitrogens with one attached hydrogen (secondary N) is 2. The number of carbonyl (C=O) groups is 1. The van der Waals surface area contributed by atoms with Gasteiger partial charge in [0.2, 0.25) is 0 Å². The summed E-state index contributed by atoms with van der Waals surface area (Å²) >= 11 is 0. The van der Waals surface area contributed by atoms with Crippen LogP contribution in [-0.2, 0) is 13.5 Å². The summed E-state index contributed by atoms with van der Waals surface area (Å²) in [6.07, 6.45) is 0.843. The molecule has 1 aromatic rings. The summed E-state index contributed by atoms with van der Waals surface area (Å²) in [6.45, 7) is 7.59. The molecule has 1 amide bonds. The third-order valence-corrected chi connectivity index (χ3v) is 2.49. The Morgan fingerprint density at radius 3 is 2.71 bits per heavy atom. The average molecular weight is 238 g/mol. The molecule has 2 N–H and O–H groups in total. The van der Waals surface area contributed by atoms with Crippen molar-refractivity contribution in [3.8, 4) is 0 Å². The number of hydrogen-bond donors (Lipinski definition) is 2. The first-order chi connectivity index (χ1) is 8.04. The van der Waals surface area contributed by atoms with Gasteiger partial charge in [-0.25, -0.2) is 0 Å². The zero-order valence-corrected chi connectivity index (χ0v) is 11.1. The molecular weight excluding hydrogens is 216 g/mol. The lowest BCUT2D eigenvalue weighted by Crippen LogP contribution is -2.35. The van der Waals surface area contributed by atoms with Gasteiger partial charge < -0.3 is 10.6 Å². The van der Waals surface area contributed by atoms with Crippen molar-refractivity contribution in [3.05, 3.63) is 17.5 Å². The van der Waals surface area contributed by atoms with Gasteiger partial charge in [-0.05, 0) is 12.5 Å². The quantitative estimate of drug-likeness (QED) is 0.718. The summed E-state index contributed by atoms with van der Waals surface area (Å²) in [4.78, 5) is 11.8. The van der Waals surface area contributed by atoms with Crippen molar-refractivity contribution in [2.75, 3.05) is 13.1 Å². The number of amides is 1. The molecule has 0 atom stereocenters. The highest BCUT2D eigenvalue weighted by molar-refractivity contribution is 5.92. The van der Waals surface area contributed by atoms with Gasteiger partial charge in [-0.2, -0.15) is 5.10 Å². The first kappa shape index (κ1) is 13.7. The van der Waals surface area contributed by atoms with Crippen LogP contribution in [0, 0.1) is 0 Å². The van der Waals surface area contributed by atoms with Crippen molar-refractivity contribution in [2.24, 2.45) is 7.05 Å². The lowest BCUT2D eigenvalue weighted by Gasteiger charge is -2.08. The molecular formula is C12H22N4O. The first-order valence-corrected chi connectivity index (χ1v) is 6.09. The summed E-state index contributed by atoms with van der Waals surface area (Å²) in [7, 11) is 1.79. The molecule has 0 aliphatic carbocycles. The zero-order chi connectivity index (χ0) is 12.8. The second-order valence-corrected chi connectivity index (χ2v) is 4.36. The van der Waals surface area contributed by atoms with Crippen LogP contribution >= 0.6 is 0 Å². The normalized spacial score (nSPS) is 10.9. The third-order valence-electron chi connectivity index (χ3n) is 2.49. The Hall–Kier alpha value is -1.36. The Bertz CT molecular complexity index is 371. The van der Waals surface area contributed by atoms with Crippen molar-refractivity contribution in [3.63, 3.8) is 0 Å². The predicted octanol–water partition coefficient (Wildman–Crippen LogP) is 0.710. The van der Waals surface area contributed by atoms with E-state index >= 15 is 0 Å². The van der Waals surface area contributed by atoms with Crippen LogP contribution in [0.15, 0.2) is 6.07 Å². The number of aryl methyl sites for hydroxylation is 2. The minimum Gasteiger partial charge on any atom is -0.349 e. The smallest absolute Gasteiger partial charge is 0.269 e. The van der Waals surface area contributed by atoms with E-state index in [2.05, 4.69) is 29.6 Å². The molecule has 1 heterocycles. The summed E-state index contributed by atoms with van der Waals surface area (Å²) < 4.78 is 1.63. The molecule has 0 aliphatic rings. The second-order valence-electron chi connectivity index (χ2n) is 4.36. The number of nitrogens with zero attached hydrogens (tertiary/aromatic N) is 2. The van der Waals surface area contributed by atoms with Crippen LogP contribution in [0.2, 0.25) is 0 Å². The number of carbonyl (C=O) groups excluding carboxylic acids is 1. The minimum atomic E-state index is -0.0646. The Labute approximate surface area is 103 Å². The van der Waals surface area contributed by atoms with Crippen molar-refractivity contribution in [1.29, 1.82) is 0 Å². The molecule has 0 fully saturated rings. The van der Waals surface area contributed by atoms with E-state index in [9.17, 15) is 4.79 Å². The Morgan fingerprint density at radius 2 is 2.18 bits per heavy atom. The largest absolute Gasteiger partial charge is 0.349 e. The number of rotatable bonds is 6. The van der Waals surface area contributed by atoms with E-state index in [0.717, 1.165) is 18.7 Å². The highest BCUT2D eigenvalue weighted by Crippen LogP contribution is 2.03. The van der Waals surface area contributed by atoms with Crippen molar-refractivity contribution < 1.29 is 4.79 Å². The van der Waals surface area contributed by atoms with Gasteiger partial charge in [0.1, 0.15) is 5.69 Å². The Balaban J connectivity index is 2.44. The molecule has 0 saturated carbocycles. The fourth-order valence-electron chi connectivity index (χ4n) is 1.54. The van der Waals surface area contributed by atoms with Gasteiger partial charge in [-0.15, -0.1) is 0 Å². The van der Waals surface area contributed by atoms with Crippen LogP contribution in [0.25, 0.3) is 0 Å². The molecule has 96 valence electrons. The van der Waals surface area contributed by atoms with E-state index in [-0.39, 0.29) is 5.91 Å². The Kier molecular flexibility index (Phi) is 5.15. The summed E-state index contributed by atoms with van der Waals surface area (Å²) in [6, 6.07) is 2.28. The van der Waals surface area contributed by atoms with Gasteiger partial charge in [0.25, 0.3) is 5.91 Å². The lowest BCUT2D eigenvalue weighted by molar-refractivity contribution is 0.0944. The van der Waals surface area contributed by atoms with E-state index in [4.69, 9.17) is 0 Å².